The maximum absolute atomic E-state index is 13.4. The van der Waals surface area contributed by atoms with Crippen molar-refractivity contribution < 1.29 is 19.0 Å². The number of fused-ring (bicyclic) bond motifs is 1. The molecule has 8 nitrogen and oxygen atoms in total. The maximum atomic E-state index is 13.4. The van der Waals surface area contributed by atoms with Gasteiger partial charge in [0.15, 0.2) is 0 Å². The van der Waals surface area contributed by atoms with Crippen LogP contribution in [0.4, 0.5) is 5.69 Å². The molecule has 39 heavy (non-hydrogen) atoms. The van der Waals surface area contributed by atoms with Crippen LogP contribution in [0.25, 0.3) is 0 Å². The van der Waals surface area contributed by atoms with Gasteiger partial charge in [-0.2, -0.15) is 0 Å². The molecule has 2 N–H and O–H groups in total. The number of rotatable bonds is 8. The molecule has 2 atom stereocenters. The van der Waals surface area contributed by atoms with Gasteiger partial charge in [-0.25, -0.2) is 0 Å². The Morgan fingerprint density at radius 2 is 1.72 bits per heavy atom. The average Bonchev–Trinajstić information content (AvgIpc) is 2.98. The summed E-state index contributed by atoms with van der Waals surface area (Å²) in [7, 11) is 2.75. The first kappa shape index (κ1) is 25.8. The molecule has 2 aromatic heterocycles. The molecule has 2 amide bonds. The molecular weight excluding hydrogens is 491 g/mol. The van der Waals surface area contributed by atoms with Gasteiger partial charge in [0, 0.05) is 12.4 Å². The van der Waals surface area contributed by atoms with Crippen LogP contribution in [0.2, 0.25) is 0 Å². The number of nitrogens with zero attached hydrogens (tertiary/aromatic N) is 2. The summed E-state index contributed by atoms with van der Waals surface area (Å²) in [5, 5.41) is 5.95. The van der Waals surface area contributed by atoms with Gasteiger partial charge in [-0.3, -0.25) is 4.98 Å². The van der Waals surface area contributed by atoms with E-state index in [0.717, 1.165) is 18.4 Å². The standard InChI is InChI=1S/C30H27BN4O4/c1-31-39-26-14-6-13-25(38-2)28(26)35-30(37)24-12-5-11-23(33-24)29(36)34-22-16-15-19-8-3-4-10-21(19)27(22)20-9-7-17-32-18-20/h3-14,17-18,22,27H,1,15-16H2,2H3,(H,34,36)(H,35,37). The predicted molar refractivity (Wildman–Crippen MR) is 151 cm³/mol. The molecule has 2 unspecified atom stereocenters. The molecule has 0 radical (unpaired) electrons. The van der Waals surface area contributed by atoms with E-state index in [0.29, 0.717) is 17.2 Å². The van der Waals surface area contributed by atoms with E-state index in [1.54, 1.807) is 42.6 Å². The number of nitrogens with one attached hydrogen (secondary N) is 2. The van der Waals surface area contributed by atoms with Crippen molar-refractivity contribution in [2.24, 2.45) is 0 Å². The molecular formula is C30H27BN4O4. The van der Waals surface area contributed by atoms with Crippen LogP contribution in [0.1, 0.15) is 50.0 Å². The summed E-state index contributed by atoms with van der Waals surface area (Å²) in [5.41, 5.74) is 4.04. The van der Waals surface area contributed by atoms with Crippen LogP contribution in [0.5, 0.6) is 11.5 Å². The number of pyridine rings is 2. The fraction of sp³-hybridized carbons (Fsp3) is 0.167. The van der Waals surface area contributed by atoms with Gasteiger partial charge < -0.3 is 0 Å². The normalized spacial score (nSPS) is 15.8. The molecule has 5 rings (SSSR count). The zero-order valence-electron chi connectivity index (χ0n) is 21.5. The molecule has 0 saturated heterocycles. The van der Waals surface area contributed by atoms with Crippen molar-refractivity contribution >= 4 is 31.1 Å². The molecule has 2 heterocycles. The molecule has 1 aliphatic rings. The second-order valence-electron chi connectivity index (χ2n) is 9.06. The number of aryl methyl sites for hydroxylation is 1. The Morgan fingerprint density at radius 1 is 0.949 bits per heavy atom. The van der Waals surface area contributed by atoms with Gasteiger partial charge in [0.25, 0.3) is 0 Å². The summed E-state index contributed by atoms with van der Waals surface area (Å²) in [6.45, 7) is 3.57. The SMILES string of the molecule is C=BOc1cccc(OC)c1NC(=O)c1cccc(C(=O)NC2CCc3ccccc3C2c2cccnc2)n1. The fourth-order valence-corrected chi connectivity index (χ4v) is 4.99. The van der Waals surface area contributed by atoms with E-state index in [9.17, 15) is 9.59 Å². The average molecular weight is 518 g/mol. The van der Waals surface area contributed by atoms with Crippen LogP contribution < -0.4 is 20.0 Å². The van der Waals surface area contributed by atoms with Gasteiger partial charge in [0.05, 0.1) is 0 Å². The topological polar surface area (TPSA) is 102 Å². The van der Waals surface area contributed by atoms with E-state index in [-0.39, 0.29) is 29.3 Å². The van der Waals surface area contributed by atoms with Crippen LogP contribution >= 0.6 is 0 Å². The van der Waals surface area contributed by atoms with E-state index < -0.39 is 5.91 Å². The van der Waals surface area contributed by atoms with Gasteiger partial charge in [0.2, 0.25) is 0 Å². The number of aromatic nitrogens is 2. The molecule has 194 valence electrons. The molecule has 0 spiro atoms. The van der Waals surface area contributed by atoms with E-state index in [1.807, 2.05) is 30.5 Å². The van der Waals surface area contributed by atoms with E-state index in [1.165, 1.54) is 25.4 Å². The molecule has 4 aromatic rings. The summed E-state index contributed by atoms with van der Waals surface area (Å²) in [6, 6.07) is 22.0. The van der Waals surface area contributed by atoms with E-state index in [4.69, 9.17) is 9.39 Å². The molecule has 9 heteroatoms. The first-order valence-corrected chi connectivity index (χ1v) is 12.6. The molecule has 0 saturated carbocycles. The predicted octanol–water partition coefficient (Wildman–Crippen LogP) is 4.04. The number of hydrogen-bond donors (Lipinski definition) is 2. The Morgan fingerprint density at radius 3 is 2.49 bits per heavy atom. The first-order chi connectivity index (χ1) is 19.1. The van der Waals surface area contributed by atoms with E-state index >= 15 is 0 Å². The summed E-state index contributed by atoms with van der Waals surface area (Å²) in [4.78, 5) is 35.2. The number of ether oxygens (including phenoxy) is 1. The Labute approximate surface area is 227 Å². The Balaban J connectivity index is 1.38. The number of carbonyl (C=O) groups is 2. The fourth-order valence-electron chi connectivity index (χ4n) is 4.99. The summed E-state index contributed by atoms with van der Waals surface area (Å²) in [6.07, 6.45) is 5.20. The number of methoxy groups -OCH3 is 1. The minimum absolute atomic E-state index is 0.0482. The number of para-hydroxylation sites is 1. The second-order valence-corrected chi connectivity index (χ2v) is 9.06. The van der Waals surface area contributed by atoms with Crippen molar-refractivity contribution in [2.75, 3.05) is 12.4 Å². The summed E-state index contributed by atoms with van der Waals surface area (Å²) < 4.78 is 10.8. The van der Waals surface area contributed by atoms with Crippen molar-refractivity contribution in [3.05, 3.63) is 113 Å². The second kappa shape index (κ2) is 11.7. The van der Waals surface area contributed by atoms with Gasteiger partial charge in [-0.05, 0) is 29.2 Å². The molecule has 0 aliphatic heterocycles. The first-order valence-electron chi connectivity index (χ1n) is 12.6. The Bertz CT molecular complexity index is 1510. The summed E-state index contributed by atoms with van der Waals surface area (Å²) >= 11 is 0. The molecule has 0 fully saturated rings. The number of hydrogen-bond acceptors (Lipinski definition) is 6. The van der Waals surface area contributed by atoms with Gasteiger partial charge >= 0.3 is 150 Å². The van der Waals surface area contributed by atoms with Crippen LogP contribution in [0, 0.1) is 0 Å². The van der Waals surface area contributed by atoms with Crippen molar-refractivity contribution in [1.29, 1.82) is 0 Å². The van der Waals surface area contributed by atoms with Crippen LogP contribution in [0.3, 0.4) is 0 Å². The third-order valence-corrected chi connectivity index (χ3v) is 6.75. The van der Waals surface area contributed by atoms with E-state index in [2.05, 4.69) is 39.2 Å². The zero-order chi connectivity index (χ0) is 27.2. The van der Waals surface area contributed by atoms with Gasteiger partial charge in [-0.15, -0.1) is 0 Å². The minimum atomic E-state index is -0.511. The number of benzene rings is 2. The van der Waals surface area contributed by atoms with Crippen molar-refractivity contribution in [1.82, 2.24) is 15.3 Å². The number of anilines is 1. The molecule has 0 bridgehead atoms. The third kappa shape index (κ3) is 5.57. The van der Waals surface area contributed by atoms with Crippen molar-refractivity contribution in [3.63, 3.8) is 0 Å². The molecule has 1 aliphatic carbocycles. The zero-order valence-corrected chi connectivity index (χ0v) is 21.5. The number of carbonyl (C=O) groups excluding carboxylic acids is 2. The monoisotopic (exact) mass is 518 g/mol. The number of amides is 2. The van der Waals surface area contributed by atoms with Gasteiger partial charge in [0.1, 0.15) is 0 Å². The van der Waals surface area contributed by atoms with Crippen LogP contribution in [-0.4, -0.2) is 48.5 Å². The van der Waals surface area contributed by atoms with Crippen LogP contribution in [-0.2, 0) is 6.42 Å². The Kier molecular flexibility index (Phi) is 7.77. The summed E-state index contributed by atoms with van der Waals surface area (Å²) in [5.74, 6) is -0.132. The third-order valence-electron chi connectivity index (χ3n) is 6.75. The quantitative estimate of drug-likeness (QED) is 0.342. The van der Waals surface area contributed by atoms with Crippen LogP contribution in [0.15, 0.2) is 85.2 Å². The van der Waals surface area contributed by atoms with Crippen molar-refractivity contribution in [2.45, 2.75) is 24.8 Å². The molecule has 2 aromatic carbocycles. The Hall–Kier alpha value is -4.79. The van der Waals surface area contributed by atoms with Crippen molar-refractivity contribution in [3.8, 4) is 11.5 Å². The van der Waals surface area contributed by atoms with Gasteiger partial charge in [-0.1, -0.05) is 30.3 Å².